The number of hydrogen-bond acceptors (Lipinski definition) is 7. The summed E-state index contributed by atoms with van der Waals surface area (Å²) in [7, 11) is 0. The molecule has 0 saturated carbocycles. The van der Waals surface area contributed by atoms with Gasteiger partial charge in [0.25, 0.3) is 0 Å². The molecular weight excluding hydrogens is 905 g/mol. The molecule has 0 radical (unpaired) electrons. The summed E-state index contributed by atoms with van der Waals surface area (Å²) < 4.78 is 2.31. The lowest BCUT2D eigenvalue weighted by molar-refractivity contribution is 1.07. The normalized spacial score (nSPS) is 11.0. The Kier molecular flexibility index (Phi) is 12.6. The van der Waals surface area contributed by atoms with Crippen molar-refractivity contribution in [2.24, 2.45) is 0 Å². The Bertz CT molecular complexity index is 3760. The van der Waals surface area contributed by atoms with Crippen molar-refractivity contribution in [1.29, 1.82) is 0 Å². The summed E-state index contributed by atoms with van der Waals surface area (Å²) in [6.07, 6.45) is 0. The van der Waals surface area contributed by atoms with Crippen molar-refractivity contribution in [3.8, 4) is 74.0 Å². The zero-order chi connectivity index (χ0) is 49.5. The molecule has 0 N–H and O–H groups in total. The largest absolute Gasteiger partial charge is 0.311 e. The van der Waals surface area contributed by atoms with Crippen LogP contribution in [0.1, 0.15) is 0 Å². The van der Waals surface area contributed by atoms with E-state index < -0.39 is 0 Å². The highest BCUT2D eigenvalue weighted by atomic mass is 15.1. The smallest absolute Gasteiger partial charge is 0.164 e. The van der Waals surface area contributed by atoms with E-state index in [9.17, 15) is 0 Å². The van der Waals surface area contributed by atoms with Gasteiger partial charge >= 0.3 is 0 Å². The second-order valence-corrected chi connectivity index (χ2v) is 17.5. The Labute approximate surface area is 429 Å². The summed E-state index contributed by atoms with van der Waals surface area (Å²) in [5.74, 6) is 3.94. The van der Waals surface area contributed by atoms with Crippen molar-refractivity contribution in [3.63, 3.8) is 0 Å². The fourth-order valence-electron chi connectivity index (χ4n) is 9.20. The van der Waals surface area contributed by atoms with Gasteiger partial charge in [0.15, 0.2) is 34.9 Å². The van der Waals surface area contributed by atoms with Gasteiger partial charge < -0.3 is 9.47 Å². The Morgan fingerprint density at radius 1 is 0.216 bits per heavy atom. The Balaban J connectivity index is 0.000000150. The van der Waals surface area contributed by atoms with E-state index in [1.165, 1.54) is 21.8 Å². The summed E-state index contributed by atoms with van der Waals surface area (Å²) in [6.45, 7) is 0. The molecule has 8 heteroatoms. The van der Waals surface area contributed by atoms with E-state index in [0.29, 0.717) is 34.9 Å². The molecule has 0 amide bonds. The van der Waals surface area contributed by atoms with Gasteiger partial charge in [-0.15, -0.1) is 0 Å². The maximum atomic E-state index is 4.86. The molecule has 3 aromatic heterocycles. The first-order chi connectivity index (χ1) is 36.7. The maximum absolute atomic E-state index is 4.86. The van der Waals surface area contributed by atoms with Crippen LogP contribution in [0.5, 0.6) is 0 Å². The van der Waals surface area contributed by atoms with Gasteiger partial charge in [-0.2, -0.15) is 0 Å². The van der Waals surface area contributed by atoms with Gasteiger partial charge in [-0.25, -0.2) is 29.9 Å². The van der Waals surface area contributed by atoms with E-state index >= 15 is 0 Å². The van der Waals surface area contributed by atoms with Crippen molar-refractivity contribution in [2.45, 2.75) is 0 Å². The molecule has 350 valence electrons. The molecule has 74 heavy (non-hydrogen) atoms. The number of benzene rings is 10. The molecule has 10 aromatic carbocycles. The highest BCUT2D eigenvalue weighted by Gasteiger charge is 2.17. The third-order valence-electron chi connectivity index (χ3n) is 12.8. The molecule has 8 nitrogen and oxygen atoms in total. The fraction of sp³-hybridized carbons (Fsp3) is 0. The van der Waals surface area contributed by atoms with E-state index in [1.54, 1.807) is 0 Å². The first-order valence-corrected chi connectivity index (χ1v) is 24.5. The summed E-state index contributed by atoms with van der Waals surface area (Å²) in [6, 6.07) is 94.9. The highest BCUT2D eigenvalue weighted by molar-refractivity contribution is 6.09. The lowest BCUT2D eigenvalue weighted by Gasteiger charge is -2.25. The van der Waals surface area contributed by atoms with Gasteiger partial charge in [0.2, 0.25) is 0 Å². The molecule has 0 saturated heterocycles. The number of hydrogen-bond donors (Lipinski definition) is 0. The lowest BCUT2D eigenvalue weighted by Crippen LogP contribution is -2.09. The van der Waals surface area contributed by atoms with E-state index in [0.717, 1.165) is 56.1 Å². The van der Waals surface area contributed by atoms with Gasteiger partial charge in [0.05, 0.1) is 11.0 Å². The molecule has 0 atom stereocenters. The first kappa shape index (κ1) is 45.0. The van der Waals surface area contributed by atoms with Crippen LogP contribution in [-0.2, 0) is 0 Å². The van der Waals surface area contributed by atoms with Gasteiger partial charge in [-0.1, -0.05) is 194 Å². The minimum Gasteiger partial charge on any atom is -0.311 e. The molecule has 13 rings (SSSR count). The third-order valence-corrected chi connectivity index (χ3v) is 12.8. The van der Waals surface area contributed by atoms with Gasteiger partial charge in [0, 0.05) is 66.9 Å². The molecule has 0 bridgehead atoms. The maximum Gasteiger partial charge on any atom is 0.164 e. The monoisotopic (exact) mass is 950 g/mol. The average molecular weight is 951 g/mol. The van der Waals surface area contributed by atoms with Crippen LogP contribution in [0.4, 0.5) is 17.1 Å². The van der Waals surface area contributed by atoms with E-state index in [-0.39, 0.29) is 0 Å². The first-order valence-electron chi connectivity index (χ1n) is 24.5. The second-order valence-electron chi connectivity index (χ2n) is 17.5. The van der Waals surface area contributed by atoms with Crippen LogP contribution in [0.2, 0.25) is 0 Å². The van der Waals surface area contributed by atoms with Crippen LogP contribution in [0.3, 0.4) is 0 Å². The average Bonchev–Trinajstić information content (AvgIpc) is 3.84. The van der Waals surface area contributed by atoms with Crippen LogP contribution in [0, 0.1) is 0 Å². The van der Waals surface area contributed by atoms with Gasteiger partial charge in [-0.3, -0.25) is 0 Å². The molecule has 0 aliphatic heterocycles. The molecule has 13 aromatic rings. The zero-order valence-corrected chi connectivity index (χ0v) is 40.1. The van der Waals surface area contributed by atoms with Crippen LogP contribution in [0.25, 0.3) is 95.8 Å². The number of fused-ring (bicyclic) bond motifs is 3. The summed E-state index contributed by atoms with van der Waals surface area (Å²) in [5, 5.41) is 2.50. The number of anilines is 3. The van der Waals surface area contributed by atoms with Crippen molar-refractivity contribution in [2.75, 3.05) is 4.90 Å². The molecule has 3 heterocycles. The van der Waals surface area contributed by atoms with Crippen molar-refractivity contribution in [1.82, 2.24) is 34.5 Å². The van der Waals surface area contributed by atoms with E-state index in [1.807, 2.05) is 133 Å². The fourth-order valence-corrected chi connectivity index (χ4v) is 9.20. The van der Waals surface area contributed by atoms with E-state index in [4.69, 9.17) is 29.9 Å². The number of aromatic nitrogens is 7. The molecule has 0 unspecified atom stereocenters. The van der Waals surface area contributed by atoms with Crippen molar-refractivity contribution in [3.05, 3.63) is 279 Å². The molecule has 0 aliphatic carbocycles. The predicted octanol–water partition coefficient (Wildman–Crippen LogP) is 16.3. The topological polar surface area (TPSA) is 85.5 Å². The number of nitrogens with zero attached hydrogens (tertiary/aromatic N) is 8. The van der Waals surface area contributed by atoms with Crippen molar-refractivity contribution < 1.29 is 0 Å². The van der Waals surface area contributed by atoms with Crippen LogP contribution < -0.4 is 4.90 Å². The number of rotatable bonds is 10. The standard InChI is InChI=1S/C33H22N4.C33H24N4/c1-3-11-23(12-4-1)31-34-32(24-13-5-2-6-14-24)36-33(35-31)25-19-21-26(22-20-25)37-29-17-9-7-15-27(29)28-16-8-10-18-30(28)37;1-5-13-25(14-6-1)31-34-32(26-15-7-2-8-16-26)36-33(35-31)27-21-23-30(24-22-27)37(28-17-9-3-10-18-28)29-19-11-4-12-20-29/h1-22H;1-24H. The zero-order valence-electron chi connectivity index (χ0n) is 40.1. The SMILES string of the molecule is c1ccc(-c2nc(-c3ccccc3)nc(-c3ccc(-n4c5ccccc5c5ccccc54)cc3)n2)cc1.c1ccc(-c2nc(-c3ccccc3)nc(-c3ccc(N(c4ccccc4)c4ccccc4)cc3)n2)cc1. The Morgan fingerprint density at radius 3 is 0.784 bits per heavy atom. The number of para-hydroxylation sites is 4. The minimum absolute atomic E-state index is 0.644. The minimum atomic E-state index is 0.644. The Morgan fingerprint density at radius 2 is 0.459 bits per heavy atom. The lowest BCUT2D eigenvalue weighted by atomic mass is 10.1. The van der Waals surface area contributed by atoms with E-state index in [2.05, 4.69) is 155 Å². The summed E-state index contributed by atoms with van der Waals surface area (Å²) in [4.78, 5) is 31.3. The molecule has 0 fully saturated rings. The van der Waals surface area contributed by atoms with Crippen LogP contribution in [0.15, 0.2) is 279 Å². The highest BCUT2D eigenvalue weighted by Crippen LogP contribution is 2.36. The van der Waals surface area contributed by atoms with Crippen LogP contribution in [-0.4, -0.2) is 34.5 Å². The quantitative estimate of drug-likeness (QED) is 0.135. The molecular formula is C66H46N8. The van der Waals surface area contributed by atoms with Crippen molar-refractivity contribution >= 4 is 38.9 Å². The van der Waals surface area contributed by atoms with Gasteiger partial charge in [0.1, 0.15) is 0 Å². The second kappa shape index (κ2) is 20.7. The summed E-state index contributed by atoms with van der Waals surface area (Å²) in [5.41, 5.74) is 12.4. The van der Waals surface area contributed by atoms with Crippen LogP contribution >= 0.6 is 0 Å². The predicted molar refractivity (Wildman–Crippen MR) is 301 cm³/mol. The Hall–Kier alpha value is -10.2. The summed E-state index contributed by atoms with van der Waals surface area (Å²) >= 11 is 0. The molecule has 0 spiro atoms. The van der Waals surface area contributed by atoms with Gasteiger partial charge in [-0.05, 0) is 84.9 Å². The molecule has 0 aliphatic rings. The third kappa shape index (κ3) is 9.42.